The molecule has 2 aromatic rings. The van der Waals surface area contributed by atoms with Crippen molar-refractivity contribution < 1.29 is 9.53 Å². The van der Waals surface area contributed by atoms with Gasteiger partial charge >= 0.3 is 0 Å². The second-order valence-electron chi connectivity index (χ2n) is 7.08. The zero-order valence-corrected chi connectivity index (χ0v) is 15.2. The molecule has 5 nitrogen and oxygen atoms in total. The normalized spacial score (nSPS) is 20.2. The number of hydrogen-bond donors (Lipinski definition) is 1. The van der Waals surface area contributed by atoms with E-state index in [0.29, 0.717) is 18.2 Å². The second kappa shape index (κ2) is 7.83. The van der Waals surface area contributed by atoms with Crippen LogP contribution < -0.4 is 5.32 Å². The van der Waals surface area contributed by atoms with E-state index in [1.807, 2.05) is 31.3 Å². The van der Waals surface area contributed by atoms with Gasteiger partial charge in [-0.2, -0.15) is 5.10 Å². The van der Waals surface area contributed by atoms with E-state index in [9.17, 15) is 4.79 Å². The van der Waals surface area contributed by atoms with Crippen molar-refractivity contribution in [1.29, 1.82) is 0 Å². The van der Waals surface area contributed by atoms with Crippen LogP contribution in [0, 0.1) is 0 Å². The van der Waals surface area contributed by atoms with Gasteiger partial charge in [0.1, 0.15) is 5.69 Å². The molecule has 0 radical (unpaired) electrons. The van der Waals surface area contributed by atoms with E-state index < -0.39 is 0 Å². The average molecular weight is 341 g/mol. The van der Waals surface area contributed by atoms with Crippen molar-refractivity contribution in [2.75, 3.05) is 0 Å². The minimum atomic E-state index is -0.0675. The van der Waals surface area contributed by atoms with Crippen LogP contribution in [0.25, 0.3) is 0 Å². The van der Waals surface area contributed by atoms with Crippen molar-refractivity contribution in [2.45, 2.75) is 57.8 Å². The number of ether oxygens (including phenoxy) is 1. The summed E-state index contributed by atoms with van der Waals surface area (Å²) in [5.41, 5.74) is 2.71. The Hall–Kier alpha value is -2.14. The molecule has 0 unspecified atom stereocenters. The van der Waals surface area contributed by atoms with Gasteiger partial charge in [0.25, 0.3) is 5.91 Å². The summed E-state index contributed by atoms with van der Waals surface area (Å²) >= 11 is 0. The highest BCUT2D eigenvalue weighted by Crippen LogP contribution is 2.24. The summed E-state index contributed by atoms with van der Waals surface area (Å²) in [7, 11) is 1.82. The van der Waals surface area contributed by atoms with E-state index >= 15 is 0 Å². The van der Waals surface area contributed by atoms with Gasteiger partial charge < -0.3 is 10.1 Å². The number of carbonyl (C=O) groups excluding carboxylic acids is 1. The number of nitrogens with zero attached hydrogens (tertiary/aromatic N) is 2. The van der Waals surface area contributed by atoms with E-state index in [2.05, 4.69) is 36.4 Å². The van der Waals surface area contributed by atoms with E-state index in [0.717, 1.165) is 30.5 Å². The molecule has 5 heteroatoms. The zero-order valence-electron chi connectivity index (χ0n) is 15.2. The summed E-state index contributed by atoms with van der Waals surface area (Å²) in [5.74, 6) is 0.239. The Morgan fingerprint density at radius 3 is 2.76 bits per heavy atom. The van der Waals surface area contributed by atoms with Crippen LogP contribution in [0.1, 0.15) is 60.8 Å². The molecule has 134 valence electrons. The molecule has 1 fully saturated rings. The maximum absolute atomic E-state index is 12.6. The predicted molar refractivity (Wildman–Crippen MR) is 97.4 cm³/mol. The number of aromatic nitrogens is 2. The second-order valence-corrected chi connectivity index (χ2v) is 7.08. The fraction of sp³-hybridized carbons (Fsp3) is 0.500. The van der Waals surface area contributed by atoms with Gasteiger partial charge in [-0.1, -0.05) is 44.2 Å². The number of benzene rings is 1. The van der Waals surface area contributed by atoms with Gasteiger partial charge in [-0.05, 0) is 36.8 Å². The monoisotopic (exact) mass is 341 g/mol. The molecule has 1 aliphatic carbocycles. The fourth-order valence-corrected chi connectivity index (χ4v) is 3.29. The molecular weight excluding hydrogens is 314 g/mol. The van der Waals surface area contributed by atoms with Crippen molar-refractivity contribution in [3.05, 3.63) is 53.3 Å². The zero-order chi connectivity index (χ0) is 17.8. The van der Waals surface area contributed by atoms with Gasteiger partial charge in [0.2, 0.25) is 0 Å². The minimum absolute atomic E-state index is 0.0635. The third kappa shape index (κ3) is 4.28. The van der Waals surface area contributed by atoms with Gasteiger partial charge in [-0.3, -0.25) is 9.48 Å². The first-order valence-electron chi connectivity index (χ1n) is 9.05. The molecule has 1 heterocycles. The topological polar surface area (TPSA) is 56.1 Å². The van der Waals surface area contributed by atoms with Crippen LogP contribution in [0.5, 0.6) is 0 Å². The average Bonchev–Trinajstić information content (AvgIpc) is 3.20. The number of amides is 1. The summed E-state index contributed by atoms with van der Waals surface area (Å²) < 4.78 is 7.74. The van der Waals surface area contributed by atoms with Crippen LogP contribution in [-0.2, 0) is 18.4 Å². The highest BCUT2D eigenvalue weighted by atomic mass is 16.5. The molecule has 0 aliphatic heterocycles. The molecule has 1 amide bonds. The summed E-state index contributed by atoms with van der Waals surface area (Å²) in [5, 5.41) is 7.58. The van der Waals surface area contributed by atoms with Crippen molar-refractivity contribution >= 4 is 5.91 Å². The summed E-state index contributed by atoms with van der Waals surface area (Å²) in [6, 6.07) is 12.1. The first-order chi connectivity index (χ1) is 12.0. The number of hydrogen-bond acceptors (Lipinski definition) is 3. The van der Waals surface area contributed by atoms with E-state index in [-0.39, 0.29) is 18.1 Å². The molecule has 0 bridgehead atoms. The summed E-state index contributed by atoms with van der Waals surface area (Å²) in [6.07, 6.45) is 3.09. The van der Waals surface area contributed by atoms with Crippen LogP contribution in [-0.4, -0.2) is 27.8 Å². The van der Waals surface area contributed by atoms with Crippen LogP contribution in [0.15, 0.2) is 36.4 Å². The van der Waals surface area contributed by atoms with E-state index in [4.69, 9.17) is 4.74 Å². The van der Waals surface area contributed by atoms with Gasteiger partial charge in [0, 0.05) is 7.05 Å². The molecule has 1 saturated carbocycles. The third-order valence-corrected chi connectivity index (χ3v) is 4.80. The molecule has 2 atom stereocenters. The third-order valence-electron chi connectivity index (χ3n) is 4.80. The Morgan fingerprint density at radius 1 is 1.32 bits per heavy atom. The van der Waals surface area contributed by atoms with Crippen molar-refractivity contribution in [3.63, 3.8) is 0 Å². The molecule has 1 N–H and O–H groups in total. The Labute approximate surface area is 149 Å². The largest absolute Gasteiger partial charge is 0.371 e. The van der Waals surface area contributed by atoms with Gasteiger partial charge in [-0.25, -0.2) is 0 Å². The highest BCUT2D eigenvalue weighted by molar-refractivity contribution is 5.93. The quantitative estimate of drug-likeness (QED) is 0.876. The van der Waals surface area contributed by atoms with Gasteiger partial charge in [0.15, 0.2) is 0 Å². The molecule has 3 rings (SSSR count). The number of rotatable bonds is 6. The van der Waals surface area contributed by atoms with E-state index in [1.54, 1.807) is 4.68 Å². The number of nitrogens with one attached hydrogen (secondary N) is 1. The lowest BCUT2D eigenvalue weighted by Gasteiger charge is -2.21. The molecule has 25 heavy (non-hydrogen) atoms. The molecule has 0 saturated heterocycles. The Bertz CT molecular complexity index is 709. The molecule has 0 spiro atoms. The maximum Gasteiger partial charge on any atom is 0.269 e. The van der Waals surface area contributed by atoms with Crippen molar-refractivity contribution in [1.82, 2.24) is 15.1 Å². The molecule has 1 aromatic heterocycles. The Balaban J connectivity index is 1.60. The predicted octanol–water partition coefficient (Wildman–Crippen LogP) is 3.41. The lowest BCUT2D eigenvalue weighted by molar-refractivity contribution is 0.0271. The van der Waals surface area contributed by atoms with Crippen LogP contribution in [0.4, 0.5) is 0 Å². The van der Waals surface area contributed by atoms with Crippen molar-refractivity contribution in [2.24, 2.45) is 7.05 Å². The lowest BCUT2D eigenvalue weighted by atomic mass is 10.1. The van der Waals surface area contributed by atoms with Gasteiger partial charge in [0.05, 0.1) is 24.4 Å². The van der Waals surface area contributed by atoms with Crippen molar-refractivity contribution in [3.8, 4) is 0 Å². The van der Waals surface area contributed by atoms with Crippen LogP contribution >= 0.6 is 0 Å². The molecule has 1 aliphatic rings. The van der Waals surface area contributed by atoms with Crippen LogP contribution in [0.2, 0.25) is 0 Å². The number of aryl methyl sites for hydroxylation is 1. The Morgan fingerprint density at radius 2 is 2.08 bits per heavy atom. The molecular formula is C20H27N3O2. The Kier molecular flexibility index (Phi) is 5.53. The maximum atomic E-state index is 12.6. The lowest BCUT2D eigenvalue weighted by Crippen LogP contribution is -2.41. The summed E-state index contributed by atoms with van der Waals surface area (Å²) in [4.78, 5) is 12.6. The number of carbonyl (C=O) groups is 1. The fourth-order valence-electron chi connectivity index (χ4n) is 3.29. The smallest absolute Gasteiger partial charge is 0.269 e. The summed E-state index contributed by atoms with van der Waals surface area (Å²) in [6.45, 7) is 4.74. The standard InChI is InChI=1S/C20H27N3O2/c1-14(2)17-12-18(23(3)22-17)20(24)21-16-10-7-11-19(16)25-13-15-8-5-4-6-9-15/h4-6,8-9,12,14,16,19H,7,10-11,13H2,1-3H3,(H,21,24)/t16-,19-/m1/s1. The first kappa shape index (κ1) is 17.7. The SMILES string of the molecule is CC(C)c1cc(C(=O)N[C@@H]2CCC[C@H]2OCc2ccccc2)n(C)n1. The van der Waals surface area contributed by atoms with Gasteiger partial charge in [-0.15, -0.1) is 0 Å². The minimum Gasteiger partial charge on any atom is -0.371 e. The van der Waals surface area contributed by atoms with E-state index in [1.165, 1.54) is 0 Å². The molecule has 1 aromatic carbocycles. The first-order valence-corrected chi connectivity index (χ1v) is 9.05. The highest BCUT2D eigenvalue weighted by Gasteiger charge is 2.30. The van der Waals surface area contributed by atoms with Crippen LogP contribution in [0.3, 0.4) is 0 Å².